The van der Waals surface area contributed by atoms with Crippen molar-refractivity contribution >= 4 is 23.6 Å². The van der Waals surface area contributed by atoms with Crippen LogP contribution in [0.15, 0.2) is 0 Å². The summed E-state index contributed by atoms with van der Waals surface area (Å²) in [5, 5.41) is 242. The molecule has 44 heteroatoms. The fourth-order valence-electron chi connectivity index (χ4n) is 13.2. The molecule has 0 radical (unpaired) electrons. The van der Waals surface area contributed by atoms with Crippen LogP contribution in [0, 0.1) is 0 Å². The van der Waals surface area contributed by atoms with Crippen molar-refractivity contribution in [3.63, 3.8) is 0 Å². The van der Waals surface area contributed by atoms with Gasteiger partial charge in [-0.15, -0.1) is 0 Å². The Bertz CT molecular complexity index is 2640. The van der Waals surface area contributed by atoms with Crippen LogP contribution in [-0.4, -0.2) is 429 Å². The molecule has 8 aliphatic rings. The van der Waals surface area contributed by atoms with E-state index in [4.69, 9.17) is 71.1 Å². The van der Waals surface area contributed by atoms with Gasteiger partial charge >= 0.3 is 0 Å². The number of rotatable bonds is 26. The van der Waals surface area contributed by atoms with Gasteiger partial charge in [-0.2, -0.15) is 0 Å². The molecule has 101 heavy (non-hydrogen) atoms. The quantitative estimate of drug-likeness (QED) is 0.0382. The molecule has 25 N–H and O–H groups in total. The predicted molar refractivity (Wildman–Crippen MR) is 314 cm³/mol. The topological polar surface area (TPSA) is 680 Å². The van der Waals surface area contributed by atoms with Crippen molar-refractivity contribution in [3.05, 3.63) is 0 Å². The Morgan fingerprint density at radius 2 is 0.554 bits per heavy atom. The second-order valence-electron chi connectivity index (χ2n) is 25.7. The highest BCUT2D eigenvalue weighted by atomic mass is 16.8. The van der Waals surface area contributed by atoms with E-state index in [1.807, 2.05) is 0 Å². The van der Waals surface area contributed by atoms with E-state index in [2.05, 4.69) is 21.3 Å². The lowest BCUT2D eigenvalue weighted by Gasteiger charge is -2.51. The molecule has 0 bridgehead atoms. The highest BCUT2D eigenvalue weighted by Gasteiger charge is 2.60. The summed E-state index contributed by atoms with van der Waals surface area (Å²) in [5.41, 5.74) is 0. The fourth-order valence-corrected chi connectivity index (χ4v) is 13.2. The van der Waals surface area contributed by atoms with Crippen molar-refractivity contribution in [3.8, 4) is 0 Å². The normalized spacial score (nSPS) is 48.3. The van der Waals surface area contributed by atoms with Gasteiger partial charge in [0, 0.05) is 27.7 Å². The molecule has 8 heterocycles. The second-order valence-corrected chi connectivity index (χ2v) is 25.7. The van der Waals surface area contributed by atoms with Crippen LogP contribution in [0.25, 0.3) is 0 Å². The van der Waals surface area contributed by atoms with Gasteiger partial charge in [-0.25, -0.2) is 0 Å². The summed E-state index contributed by atoms with van der Waals surface area (Å²) >= 11 is 0. The monoisotopic (exact) mass is 1480 g/mol. The van der Waals surface area contributed by atoms with Crippen molar-refractivity contribution in [1.82, 2.24) is 21.3 Å². The smallest absolute Gasteiger partial charge is 0.217 e. The number of ether oxygens (including phenoxy) is 15. The standard InChI is InChI=1S/C57H96N4O40/c1-14-27(58-15(2)69)37(79)45(23(10-66)88-14)96-52-29(60-17(4)71)38(80)47(25(12-68)93-52)98-55-44(86)48(99-57-50(42(84)34(76)22(9-65)92-57)101-51-28(59-16(3)70)36(78)31(73)19(6-62)89-51)35(77)26(95-55)13-87-56-49(41(83)33(75)21(8-64)91-56)100-53-30(61-18(5)72)39(81)46(24(11-67)94-53)97-54-43(85)40(82)32(74)20(7-63)90-54/h14,19-57,62-68,73-86H,6-13H2,1-5H3,(H,58,69)(H,59,70)(H,60,71)(H,61,72)/t14?,19?,20?,21?,22-,23?,24-,25?,26?,27?,28?,29?,30?,31+,32+,33+,34+,35+,36-,37?,38?,39?,40+,41+,42?,43?,44?,45+,46-,47+,48+,49?,50?,51+,52?,53-,54+,55+,56-,57+/m1/s1. The Hall–Kier alpha value is -3.56. The van der Waals surface area contributed by atoms with Gasteiger partial charge < -0.3 is 200 Å². The zero-order valence-corrected chi connectivity index (χ0v) is 54.9. The molecule has 0 spiro atoms. The Morgan fingerprint density at radius 1 is 0.267 bits per heavy atom. The van der Waals surface area contributed by atoms with Crippen LogP contribution in [0.2, 0.25) is 0 Å². The van der Waals surface area contributed by atoms with Gasteiger partial charge in [0.25, 0.3) is 0 Å². The van der Waals surface area contributed by atoms with E-state index >= 15 is 0 Å². The molecule has 8 aliphatic heterocycles. The molecule has 0 aromatic heterocycles. The first-order valence-electron chi connectivity index (χ1n) is 32.4. The van der Waals surface area contributed by atoms with Gasteiger partial charge in [-0.3, -0.25) is 19.2 Å². The van der Waals surface area contributed by atoms with Gasteiger partial charge in [-0.1, -0.05) is 0 Å². The van der Waals surface area contributed by atoms with E-state index in [1.165, 1.54) is 6.92 Å². The van der Waals surface area contributed by atoms with E-state index in [0.29, 0.717) is 0 Å². The maximum atomic E-state index is 12.9. The van der Waals surface area contributed by atoms with Gasteiger partial charge in [0.15, 0.2) is 44.0 Å². The van der Waals surface area contributed by atoms with Crippen LogP contribution in [0.5, 0.6) is 0 Å². The van der Waals surface area contributed by atoms with E-state index < -0.39 is 322 Å². The van der Waals surface area contributed by atoms with Crippen molar-refractivity contribution in [2.45, 2.75) is 280 Å². The van der Waals surface area contributed by atoms with Crippen LogP contribution in [0.3, 0.4) is 0 Å². The van der Waals surface area contributed by atoms with Gasteiger partial charge in [-0.05, 0) is 6.92 Å². The van der Waals surface area contributed by atoms with Crippen molar-refractivity contribution in [1.29, 1.82) is 0 Å². The number of hydrogen-bond acceptors (Lipinski definition) is 40. The SMILES string of the molecule is CC(=O)NC1C(C)OC(CO)[C@H](OC2OC(CO)[C@H](O[C@@H]3OC(CO[C@@H]4OC(CO)[C@H](O)[C@H](O)C4O[C@H]4O[C@H](CO)[C@@H](O[C@@H]5OC(CO)[C@H](O)[C@H](O)C5O)C(O)C4NC(C)=O)[C@H](O)[C@H](O[C@@H]4O[C@H](CO)[C@H](O)C(O)C4O[C@@H]4OC(CO)[C@H](O)[C@H](O)C4NC(C)=O)C3O)C(O)C2NC(C)=O)C1O. The summed E-state index contributed by atoms with van der Waals surface area (Å²) < 4.78 is 89.4. The average molecular weight is 1480 g/mol. The zero-order chi connectivity index (χ0) is 74.5. The third-order valence-electron chi connectivity index (χ3n) is 18.5. The molecular formula is C57H96N4O40. The highest BCUT2D eigenvalue weighted by molar-refractivity contribution is 5.74. The highest BCUT2D eigenvalue weighted by Crippen LogP contribution is 2.39. The Kier molecular flexibility index (Phi) is 29.9. The Balaban J connectivity index is 1.13. The second kappa shape index (κ2) is 36.4. The first-order chi connectivity index (χ1) is 47.8. The van der Waals surface area contributed by atoms with Crippen molar-refractivity contribution in [2.24, 2.45) is 0 Å². The summed E-state index contributed by atoms with van der Waals surface area (Å²) in [4.78, 5) is 50.4. The van der Waals surface area contributed by atoms with Crippen LogP contribution >= 0.6 is 0 Å². The summed E-state index contributed by atoms with van der Waals surface area (Å²) in [6, 6.07) is -6.60. The summed E-state index contributed by atoms with van der Waals surface area (Å²) in [6.45, 7) is -2.66. The molecule has 8 fully saturated rings. The fraction of sp³-hybridized carbons (Fsp3) is 0.930. The first-order valence-corrected chi connectivity index (χ1v) is 32.4. The van der Waals surface area contributed by atoms with E-state index in [0.717, 1.165) is 27.7 Å². The number of nitrogens with one attached hydrogen (secondary N) is 4. The molecule has 44 nitrogen and oxygen atoms in total. The van der Waals surface area contributed by atoms with E-state index in [9.17, 15) is 126 Å². The third-order valence-corrected chi connectivity index (χ3v) is 18.5. The molecule has 0 aromatic carbocycles. The number of carbonyl (C=O) groups excluding carboxylic acids is 4. The maximum Gasteiger partial charge on any atom is 0.217 e. The van der Waals surface area contributed by atoms with Gasteiger partial charge in [0.05, 0.1) is 65.0 Å². The minimum Gasteiger partial charge on any atom is -0.394 e. The van der Waals surface area contributed by atoms with Crippen molar-refractivity contribution < 1.29 is 197 Å². The molecule has 4 amide bonds. The first kappa shape index (κ1) is 83.1. The number of hydrogen-bond donors (Lipinski definition) is 25. The Labute approximate surface area is 573 Å². The molecule has 0 aromatic rings. The number of carbonyl (C=O) groups is 4. The molecule has 0 saturated carbocycles. The molecule has 584 valence electrons. The summed E-state index contributed by atoms with van der Waals surface area (Å²) in [5.74, 6) is -3.23. The van der Waals surface area contributed by atoms with Crippen LogP contribution in [0.4, 0.5) is 0 Å². The van der Waals surface area contributed by atoms with Crippen LogP contribution in [0.1, 0.15) is 34.6 Å². The Morgan fingerprint density at radius 3 is 0.980 bits per heavy atom. The maximum absolute atomic E-state index is 12.9. The lowest BCUT2D eigenvalue weighted by atomic mass is 9.92. The lowest BCUT2D eigenvalue weighted by Crippen LogP contribution is -2.70. The zero-order valence-electron chi connectivity index (χ0n) is 54.9. The molecule has 0 aliphatic carbocycles. The van der Waals surface area contributed by atoms with E-state index in [1.54, 1.807) is 0 Å². The van der Waals surface area contributed by atoms with E-state index in [-0.39, 0.29) is 0 Å². The van der Waals surface area contributed by atoms with Gasteiger partial charge in [0.1, 0.15) is 189 Å². The van der Waals surface area contributed by atoms with Crippen LogP contribution < -0.4 is 21.3 Å². The largest absolute Gasteiger partial charge is 0.394 e. The molecule has 8 rings (SSSR count). The lowest BCUT2D eigenvalue weighted by molar-refractivity contribution is -0.396. The average Bonchev–Trinajstić information content (AvgIpc) is 0.774. The van der Waals surface area contributed by atoms with Gasteiger partial charge in [0.2, 0.25) is 23.6 Å². The van der Waals surface area contributed by atoms with Crippen molar-refractivity contribution in [2.75, 3.05) is 52.9 Å². The third kappa shape index (κ3) is 18.5. The number of amides is 4. The molecule has 8 saturated heterocycles. The summed E-state index contributed by atoms with van der Waals surface area (Å²) in [7, 11) is 0. The number of aliphatic hydroxyl groups excluding tert-OH is 21. The molecular weight excluding hydrogens is 1380 g/mol. The van der Waals surface area contributed by atoms with Crippen LogP contribution in [-0.2, 0) is 90.2 Å². The summed E-state index contributed by atoms with van der Waals surface area (Å²) in [6.07, 6.45) is -71.1. The minimum absolute atomic E-state index is 0.609. The molecule has 20 unspecified atom stereocenters. The number of aliphatic hydroxyl groups is 21. The predicted octanol–water partition coefficient (Wildman–Crippen LogP) is -16.8. The minimum atomic E-state index is -2.48. The molecule has 40 atom stereocenters.